The maximum Gasteiger partial charge on any atom is 0.306 e. The Bertz CT molecular complexity index is 1230. The Kier molecular flexibility index (Phi) is 60.8. The molecule has 0 amide bonds. The van der Waals surface area contributed by atoms with E-state index in [0.717, 1.165) is 57.8 Å². The highest BCUT2D eigenvalue weighted by Gasteiger charge is 2.18. The van der Waals surface area contributed by atoms with Crippen molar-refractivity contribution in [2.75, 3.05) is 19.8 Å². The predicted molar refractivity (Wildman–Crippen MR) is 316 cm³/mol. The number of carbonyl (C=O) groups is 2. The molecule has 0 heterocycles. The van der Waals surface area contributed by atoms with Crippen LogP contribution in [0.5, 0.6) is 0 Å². The van der Waals surface area contributed by atoms with Crippen LogP contribution in [0.4, 0.5) is 0 Å². The maximum atomic E-state index is 12.9. The van der Waals surface area contributed by atoms with Crippen LogP contribution in [0.3, 0.4) is 0 Å². The van der Waals surface area contributed by atoms with Crippen molar-refractivity contribution in [2.24, 2.45) is 0 Å². The lowest BCUT2D eigenvalue weighted by molar-refractivity contribution is -0.163. The van der Waals surface area contributed by atoms with E-state index in [9.17, 15) is 9.59 Å². The molecular weight excluding hydrogens is 885 g/mol. The van der Waals surface area contributed by atoms with Crippen molar-refractivity contribution in [1.29, 1.82) is 0 Å². The van der Waals surface area contributed by atoms with Gasteiger partial charge >= 0.3 is 11.9 Å². The van der Waals surface area contributed by atoms with Gasteiger partial charge in [-0.3, -0.25) is 9.59 Å². The van der Waals surface area contributed by atoms with E-state index in [2.05, 4.69) is 81.5 Å². The van der Waals surface area contributed by atoms with Crippen molar-refractivity contribution in [3.63, 3.8) is 0 Å². The molecule has 0 spiro atoms. The molecule has 420 valence electrons. The number of carbonyl (C=O) groups excluding carboxylic acids is 2. The second-order valence-corrected chi connectivity index (χ2v) is 21.3. The summed E-state index contributed by atoms with van der Waals surface area (Å²) in [6, 6.07) is 0. The van der Waals surface area contributed by atoms with Crippen LogP contribution in [0.2, 0.25) is 0 Å². The van der Waals surface area contributed by atoms with Crippen LogP contribution in [-0.2, 0) is 23.8 Å². The number of ether oxygens (including phenoxy) is 3. The molecule has 72 heavy (non-hydrogen) atoms. The molecule has 0 aromatic heterocycles. The van der Waals surface area contributed by atoms with E-state index in [4.69, 9.17) is 14.2 Å². The lowest BCUT2D eigenvalue weighted by Gasteiger charge is -2.18. The third kappa shape index (κ3) is 60.2. The Balaban J connectivity index is 4.28. The van der Waals surface area contributed by atoms with Gasteiger partial charge in [-0.2, -0.15) is 0 Å². The van der Waals surface area contributed by atoms with Gasteiger partial charge in [0.05, 0.1) is 6.61 Å². The van der Waals surface area contributed by atoms with Crippen molar-refractivity contribution >= 4 is 11.9 Å². The predicted octanol–water partition coefficient (Wildman–Crippen LogP) is 22.0. The topological polar surface area (TPSA) is 61.8 Å². The molecule has 1 unspecified atom stereocenters. The van der Waals surface area contributed by atoms with Gasteiger partial charge < -0.3 is 14.2 Å². The van der Waals surface area contributed by atoms with Crippen LogP contribution in [0.15, 0.2) is 60.8 Å². The Hall–Kier alpha value is -2.40. The first kappa shape index (κ1) is 69.6. The molecule has 0 aliphatic heterocycles. The normalized spacial score (nSPS) is 12.5. The summed E-state index contributed by atoms with van der Waals surface area (Å²) in [6.45, 7) is 7.81. The Morgan fingerprint density at radius 2 is 0.583 bits per heavy atom. The van der Waals surface area contributed by atoms with Crippen molar-refractivity contribution < 1.29 is 23.8 Å². The summed E-state index contributed by atoms with van der Waals surface area (Å²) < 4.78 is 17.5. The third-order valence-corrected chi connectivity index (χ3v) is 14.0. The molecule has 5 nitrogen and oxygen atoms in total. The zero-order chi connectivity index (χ0) is 52.0. The van der Waals surface area contributed by atoms with Crippen molar-refractivity contribution in [2.45, 2.75) is 335 Å². The molecule has 0 rings (SSSR count). The second-order valence-electron chi connectivity index (χ2n) is 21.3. The zero-order valence-corrected chi connectivity index (χ0v) is 48.5. The minimum Gasteiger partial charge on any atom is -0.462 e. The van der Waals surface area contributed by atoms with E-state index in [1.54, 1.807) is 0 Å². The fourth-order valence-electron chi connectivity index (χ4n) is 9.26. The lowest BCUT2D eigenvalue weighted by atomic mass is 10.0. The van der Waals surface area contributed by atoms with Crippen LogP contribution >= 0.6 is 0 Å². The Morgan fingerprint density at radius 3 is 0.958 bits per heavy atom. The molecule has 0 aromatic carbocycles. The van der Waals surface area contributed by atoms with E-state index in [-0.39, 0.29) is 25.2 Å². The summed E-state index contributed by atoms with van der Waals surface area (Å²) in [6.07, 6.45) is 81.1. The maximum absolute atomic E-state index is 12.9. The van der Waals surface area contributed by atoms with E-state index in [1.807, 2.05) is 0 Å². The molecule has 0 fully saturated rings. The molecule has 0 N–H and O–H groups in total. The van der Waals surface area contributed by atoms with Gasteiger partial charge in [0.15, 0.2) is 6.10 Å². The third-order valence-electron chi connectivity index (χ3n) is 14.0. The van der Waals surface area contributed by atoms with Gasteiger partial charge in [0.1, 0.15) is 6.61 Å². The van der Waals surface area contributed by atoms with E-state index in [0.29, 0.717) is 19.4 Å². The fourth-order valence-corrected chi connectivity index (χ4v) is 9.26. The van der Waals surface area contributed by atoms with Gasteiger partial charge in [0.25, 0.3) is 0 Å². The minimum atomic E-state index is -0.544. The van der Waals surface area contributed by atoms with Crippen LogP contribution in [0.25, 0.3) is 0 Å². The summed E-state index contributed by atoms with van der Waals surface area (Å²) in [4.78, 5) is 25.6. The highest BCUT2D eigenvalue weighted by molar-refractivity contribution is 5.70. The average Bonchev–Trinajstić information content (AvgIpc) is 3.38. The van der Waals surface area contributed by atoms with Crippen LogP contribution in [0.1, 0.15) is 329 Å². The molecule has 0 aliphatic rings. The molecule has 0 bridgehead atoms. The van der Waals surface area contributed by atoms with Crippen LogP contribution < -0.4 is 0 Å². The van der Waals surface area contributed by atoms with E-state index >= 15 is 0 Å². The molecule has 0 saturated carbocycles. The highest BCUT2D eigenvalue weighted by atomic mass is 16.6. The fraction of sp³-hybridized carbons (Fsp3) is 0.821. The summed E-state index contributed by atoms with van der Waals surface area (Å²) in [7, 11) is 0. The summed E-state index contributed by atoms with van der Waals surface area (Å²) in [5.74, 6) is -0.390. The van der Waals surface area contributed by atoms with Gasteiger partial charge in [-0.05, 0) is 89.9 Å². The van der Waals surface area contributed by atoms with Gasteiger partial charge in [0.2, 0.25) is 0 Å². The molecular formula is C67H122O5. The van der Waals surface area contributed by atoms with Gasteiger partial charge in [-0.15, -0.1) is 0 Å². The molecule has 0 radical (unpaired) electrons. The minimum absolute atomic E-state index is 0.0817. The first-order valence-corrected chi connectivity index (χ1v) is 31.8. The first-order chi connectivity index (χ1) is 35.6. The number of rotatable bonds is 59. The molecule has 0 aromatic rings. The summed E-state index contributed by atoms with van der Waals surface area (Å²) in [5.41, 5.74) is 0. The Labute approximate surface area is 449 Å². The first-order valence-electron chi connectivity index (χ1n) is 31.8. The van der Waals surface area contributed by atoms with Crippen molar-refractivity contribution in [3.05, 3.63) is 60.8 Å². The van der Waals surface area contributed by atoms with Crippen LogP contribution in [0, 0.1) is 0 Å². The zero-order valence-electron chi connectivity index (χ0n) is 48.5. The monoisotopic (exact) mass is 1010 g/mol. The molecule has 0 saturated heterocycles. The number of hydrogen-bond acceptors (Lipinski definition) is 5. The number of esters is 2. The number of hydrogen-bond donors (Lipinski definition) is 0. The van der Waals surface area contributed by atoms with E-state index in [1.165, 1.54) is 238 Å². The van der Waals surface area contributed by atoms with Gasteiger partial charge in [0, 0.05) is 19.4 Å². The summed E-state index contributed by atoms with van der Waals surface area (Å²) in [5, 5.41) is 0. The van der Waals surface area contributed by atoms with E-state index < -0.39 is 6.10 Å². The second kappa shape index (κ2) is 62.9. The molecule has 5 heteroatoms. The quantitative estimate of drug-likeness (QED) is 0.0345. The average molecular weight is 1010 g/mol. The smallest absolute Gasteiger partial charge is 0.306 e. The largest absolute Gasteiger partial charge is 0.462 e. The molecule has 0 aliphatic carbocycles. The molecule has 1 atom stereocenters. The SMILES string of the molecule is CCCCC/C=C\C/C=C\C/C=C\CCCCCCCCCOCC(COC(=O)CCCCCCCCCCC/C=C\C/C=C\CCCCC)OC(=O)CCCCCCCCCCCCCCCCCCC. The standard InChI is InChI=1S/C67H122O5/c1-4-7-10-13-16-19-22-25-28-31-33-35-38-41-44-47-50-53-56-59-62-70-63-65(72-67(69)61-58-55-52-49-46-43-40-36-30-27-24-21-18-15-12-9-6-3)64-71-66(68)60-57-54-51-48-45-42-39-37-34-32-29-26-23-20-17-14-11-8-5-2/h16-17,19-20,25-26,28-29,33,35,65H,4-15,18,21-24,27,30-32,34,36-64H2,1-3H3/b19-16-,20-17-,28-25-,29-26-,35-33-. The van der Waals surface area contributed by atoms with Gasteiger partial charge in [-0.25, -0.2) is 0 Å². The number of unbranched alkanes of at least 4 members (excludes halogenated alkanes) is 38. The highest BCUT2D eigenvalue weighted by Crippen LogP contribution is 2.17. The number of allylic oxidation sites excluding steroid dienone is 10. The van der Waals surface area contributed by atoms with Crippen LogP contribution in [-0.4, -0.2) is 37.9 Å². The Morgan fingerprint density at radius 1 is 0.306 bits per heavy atom. The summed E-state index contributed by atoms with van der Waals surface area (Å²) >= 11 is 0. The van der Waals surface area contributed by atoms with Gasteiger partial charge in [-0.1, -0.05) is 287 Å². The van der Waals surface area contributed by atoms with Crippen molar-refractivity contribution in [3.8, 4) is 0 Å². The van der Waals surface area contributed by atoms with Crippen molar-refractivity contribution in [1.82, 2.24) is 0 Å². The lowest BCUT2D eigenvalue weighted by Crippen LogP contribution is -2.30.